The second kappa shape index (κ2) is 7.59. The van der Waals surface area contributed by atoms with E-state index in [1.807, 2.05) is 36.4 Å². The van der Waals surface area contributed by atoms with Gasteiger partial charge in [-0.3, -0.25) is 9.59 Å². The average molecular weight is 408 g/mol. The van der Waals surface area contributed by atoms with Crippen LogP contribution >= 0.6 is 0 Å². The van der Waals surface area contributed by atoms with Crippen molar-refractivity contribution in [1.29, 1.82) is 0 Å². The number of primary amides is 1. The van der Waals surface area contributed by atoms with E-state index in [0.717, 1.165) is 12.0 Å². The molecule has 0 aliphatic heterocycles. The van der Waals surface area contributed by atoms with Crippen molar-refractivity contribution >= 4 is 22.8 Å². The summed E-state index contributed by atoms with van der Waals surface area (Å²) in [6, 6.07) is 16.1. The molecule has 2 atom stereocenters. The lowest BCUT2D eigenvalue weighted by Crippen LogP contribution is -2.62. The lowest BCUT2D eigenvalue weighted by Gasteiger charge is -2.27. The van der Waals surface area contributed by atoms with Crippen molar-refractivity contribution in [2.45, 2.75) is 30.7 Å². The van der Waals surface area contributed by atoms with E-state index in [1.165, 1.54) is 5.56 Å². The predicted octanol–water partition coefficient (Wildman–Crippen LogP) is 1.95. The number of nitrogens with two attached hydrogens (primary N) is 1. The van der Waals surface area contributed by atoms with Crippen LogP contribution in [-0.2, 0) is 4.79 Å². The molecule has 156 valence electrons. The number of hydrogen-bond acceptors (Lipinski definition) is 5. The molecule has 0 unspecified atom stereocenters. The minimum Gasteiger partial charge on any atom is -0.461 e. The molecule has 4 rings (SSSR count). The number of carbonyl (C=O) groups is 2. The molecule has 1 fully saturated rings. The fourth-order valence-corrected chi connectivity index (χ4v) is 4.01. The highest BCUT2D eigenvalue weighted by molar-refractivity contribution is 6.09. The van der Waals surface area contributed by atoms with Crippen LogP contribution in [0.1, 0.15) is 45.5 Å². The summed E-state index contributed by atoms with van der Waals surface area (Å²) in [5.41, 5.74) is 6.56. The lowest BCUT2D eigenvalue weighted by atomic mass is 9.98. The van der Waals surface area contributed by atoms with Crippen LogP contribution in [-0.4, -0.2) is 40.8 Å². The summed E-state index contributed by atoms with van der Waals surface area (Å²) in [6.07, 6.45) is 1.04. The van der Waals surface area contributed by atoms with Crippen LogP contribution < -0.4 is 11.1 Å². The fraction of sp³-hybridized carbons (Fsp3) is 0.304. The maximum Gasteiger partial charge on any atom is 0.256 e. The smallest absolute Gasteiger partial charge is 0.256 e. The maximum atomic E-state index is 13.0. The zero-order valence-corrected chi connectivity index (χ0v) is 16.6. The Labute approximate surface area is 173 Å². The molecule has 0 radical (unpaired) electrons. The number of aryl methyl sites for hydroxylation is 1. The van der Waals surface area contributed by atoms with E-state index in [9.17, 15) is 19.8 Å². The molecule has 1 aromatic heterocycles. The first-order chi connectivity index (χ1) is 14.4. The van der Waals surface area contributed by atoms with E-state index in [0.29, 0.717) is 28.6 Å². The Bertz CT molecular complexity index is 1100. The quantitative estimate of drug-likeness (QED) is 0.475. The highest BCUT2D eigenvalue weighted by Gasteiger charge is 2.40. The standard InChI is InChI=1S/C23H24N2O5/c1-13-20(21(28)25-23(11-26,12-27)22(24)29)18-9-15(7-8-19(18)30-13)17-10-16(17)14-5-3-2-4-6-14/h2-9,16-17,26-27H,10-12H2,1H3,(H2,24,29)(H,25,28)/t16-,17-/m0/s1. The van der Waals surface area contributed by atoms with Gasteiger partial charge in [0.1, 0.15) is 11.3 Å². The number of aliphatic hydroxyl groups is 2. The molecule has 1 heterocycles. The number of fused-ring (bicyclic) bond motifs is 1. The summed E-state index contributed by atoms with van der Waals surface area (Å²) < 4.78 is 5.73. The van der Waals surface area contributed by atoms with Gasteiger partial charge in [0.15, 0.2) is 5.54 Å². The van der Waals surface area contributed by atoms with E-state index in [1.54, 1.807) is 6.92 Å². The Morgan fingerprint density at radius 3 is 2.40 bits per heavy atom. The zero-order chi connectivity index (χ0) is 21.5. The Morgan fingerprint density at radius 1 is 1.10 bits per heavy atom. The Hall–Kier alpha value is -3.16. The number of carbonyl (C=O) groups excluding carboxylic acids is 2. The third-order valence-corrected chi connectivity index (χ3v) is 5.93. The summed E-state index contributed by atoms with van der Waals surface area (Å²) in [4.78, 5) is 24.7. The topological polar surface area (TPSA) is 126 Å². The molecule has 0 spiro atoms. The summed E-state index contributed by atoms with van der Waals surface area (Å²) >= 11 is 0. The maximum absolute atomic E-state index is 13.0. The Morgan fingerprint density at radius 2 is 1.77 bits per heavy atom. The van der Waals surface area contributed by atoms with Crippen molar-refractivity contribution in [2.75, 3.05) is 13.2 Å². The van der Waals surface area contributed by atoms with E-state index < -0.39 is 30.6 Å². The van der Waals surface area contributed by atoms with Gasteiger partial charge in [0.25, 0.3) is 5.91 Å². The molecule has 0 saturated heterocycles. The number of benzene rings is 2. The van der Waals surface area contributed by atoms with Gasteiger partial charge in [0.05, 0.1) is 18.8 Å². The zero-order valence-electron chi connectivity index (χ0n) is 16.6. The van der Waals surface area contributed by atoms with E-state index >= 15 is 0 Å². The highest BCUT2D eigenvalue weighted by atomic mass is 16.3. The van der Waals surface area contributed by atoms with Crippen LogP contribution in [0.2, 0.25) is 0 Å². The minimum absolute atomic E-state index is 0.260. The molecular formula is C23H24N2O5. The lowest BCUT2D eigenvalue weighted by molar-refractivity contribution is -0.127. The molecule has 1 aliphatic rings. The number of furan rings is 1. The summed E-state index contributed by atoms with van der Waals surface area (Å²) in [5.74, 6) is -0.469. The van der Waals surface area contributed by atoms with Gasteiger partial charge >= 0.3 is 0 Å². The van der Waals surface area contributed by atoms with Crippen molar-refractivity contribution in [2.24, 2.45) is 5.73 Å². The van der Waals surface area contributed by atoms with Crippen LogP contribution in [0.25, 0.3) is 11.0 Å². The SMILES string of the molecule is Cc1oc2ccc([C@@H]3C[C@H]3c3ccccc3)cc2c1C(=O)NC(CO)(CO)C(N)=O. The first-order valence-corrected chi connectivity index (χ1v) is 9.82. The first-order valence-electron chi connectivity index (χ1n) is 9.82. The molecule has 7 nitrogen and oxygen atoms in total. The van der Waals surface area contributed by atoms with E-state index in [2.05, 4.69) is 17.4 Å². The van der Waals surface area contributed by atoms with Gasteiger partial charge in [0, 0.05) is 5.39 Å². The van der Waals surface area contributed by atoms with Crippen LogP contribution in [0.5, 0.6) is 0 Å². The van der Waals surface area contributed by atoms with Crippen LogP contribution in [0, 0.1) is 6.92 Å². The van der Waals surface area contributed by atoms with Crippen molar-refractivity contribution < 1.29 is 24.2 Å². The molecule has 0 bridgehead atoms. The summed E-state index contributed by atoms with van der Waals surface area (Å²) in [5, 5.41) is 22.1. The molecule has 2 amide bonds. The third-order valence-electron chi connectivity index (χ3n) is 5.93. The van der Waals surface area contributed by atoms with Gasteiger partial charge in [-0.2, -0.15) is 0 Å². The van der Waals surface area contributed by atoms with Gasteiger partial charge < -0.3 is 25.7 Å². The number of amides is 2. The monoisotopic (exact) mass is 408 g/mol. The highest BCUT2D eigenvalue weighted by Crippen LogP contribution is 2.55. The number of aliphatic hydroxyl groups excluding tert-OH is 2. The largest absolute Gasteiger partial charge is 0.461 e. The normalized spacial score (nSPS) is 18.4. The van der Waals surface area contributed by atoms with Crippen molar-refractivity contribution in [3.63, 3.8) is 0 Å². The summed E-state index contributed by atoms with van der Waals surface area (Å²) in [6.45, 7) is 0.0271. The molecule has 7 heteroatoms. The van der Waals surface area contributed by atoms with Crippen LogP contribution in [0.3, 0.4) is 0 Å². The third kappa shape index (κ3) is 3.36. The summed E-state index contributed by atoms with van der Waals surface area (Å²) in [7, 11) is 0. The first kappa shape index (κ1) is 20.1. The minimum atomic E-state index is -1.94. The average Bonchev–Trinajstić information content (AvgIpc) is 3.48. The fourth-order valence-electron chi connectivity index (χ4n) is 4.01. The van der Waals surface area contributed by atoms with Crippen molar-refractivity contribution in [3.8, 4) is 0 Å². The van der Waals surface area contributed by atoms with Crippen molar-refractivity contribution in [3.05, 3.63) is 71.0 Å². The molecule has 5 N–H and O–H groups in total. The molecule has 3 aromatic rings. The van der Waals surface area contributed by atoms with E-state index in [-0.39, 0.29) is 5.56 Å². The Kier molecular flexibility index (Phi) is 5.09. The van der Waals surface area contributed by atoms with Gasteiger partial charge in [-0.05, 0) is 48.4 Å². The van der Waals surface area contributed by atoms with Crippen molar-refractivity contribution in [1.82, 2.24) is 5.32 Å². The van der Waals surface area contributed by atoms with Gasteiger partial charge in [0.2, 0.25) is 5.91 Å². The second-order valence-corrected chi connectivity index (χ2v) is 7.86. The molecular weight excluding hydrogens is 384 g/mol. The van der Waals surface area contributed by atoms with Crippen LogP contribution in [0.4, 0.5) is 0 Å². The molecule has 2 aromatic carbocycles. The second-order valence-electron chi connectivity index (χ2n) is 7.86. The van der Waals surface area contributed by atoms with E-state index in [4.69, 9.17) is 10.2 Å². The number of hydrogen-bond donors (Lipinski definition) is 4. The van der Waals surface area contributed by atoms with Gasteiger partial charge in [-0.15, -0.1) is 0 Å². The number of nitrogens with one attached hydrogen (secondary N) is 1. The Balaban J connectivity index is 1.66. The molecule has 30 heavy (non-hydrogen) atoms. The number of rotatable bonds is 7. The molecule has 1 aliphatic carbocycles. The predicted molar refractivity (Wildman–Crippen MR) is 111 cm³/mol. The van der Waals surface area contributed by atoms with Gasteiger partial charge in [-0.25, -0.2) is 0 Å². The van der Waals surface area contributed by atoms with Crippen LogP contribution in [0.15, 0.2) is 52.9 Å². The van der Waals surface area contributed by atoms with Gasteiger partial charge in [-0.1, -0.05) is 36.4 Å². The molecule has 1 saturated carbocycles.